The van der Waals surface area contributed by atoms with Gasteiger partial charge in [-0.2, -0.15) is 0 Å². The van der Waals surface area contributed by atoms with E-state index >= 15 is 0 Å². The van der Waals surface area contributed by atoms with Gasteiger partial charge >= 0.3 is 11.9 Å². The van der Waals surface area contributed by atoms with E-state index in [1.54, 1.807) is 0 Å². The molecule has 0 fully saturated rings. The van der Waals surface area contributed by atoms with E-state index in [4.69, 9.17) is 31.4 Å². The topological polar surface area (TPSA) is 90.7 Å². The summed E-state index contributed by atoms with van der Waals surface area (Å²) in [6.45, 7) is 1.90. The zero-order chi connectivity index (χ0) is 17.9. The van der Waals surface area contributed by atoms with Crippen molar-refractivity contribution in [1.29, 1.82) is 0 Å². The zero-order valence-corrected chi connectivity index (χ0v) is 14.0. The van der Waals surface area contributed by atoms with Crippen LogP contribution in [-0.4, -0.2) is 45.6 Å². The molecule has 2 rings (SSSR count). The van der Waals surface area contributed by atoms with Crippen molar-refractivity contribution >= 4 is 23.5 Å². The minimum atomic E-state index is -1.82. The number of likely N-dealkylation sites (N-methyl/N-ethyl adjacent to an activating group) is 1. The van der Waals surface area contributed by atoms with Gasteiger partial charge < -0.3 is 15.1 Å². The van der Waals surface area contributed by atoms with Crippen molar-refractivity contribution in [3.63, 3.8) is 0 Å². The lowest BCUT2D eigenvalue weighted by molar-refractivity contribution is -0.159. The van der Waals surface area contributed by atoms with E-state index in [-0.39, 0.29) is 0 Å². The molecular formula is C17H19ClN2O4. The lowest BCUT2D eigenvalue weighted by Crippen LogP contribution is -2.21. The molecule has 0 aliphatic rings. The number of hydrogen-bond donors (Lipinski definition) is 2. The van der Waals surface area contributed by atoms with Gasteiger partial charge in [-0.1, -0.05) is 29.8 Å². The molecule has 0 aliphatic heterocycles. The van der Waals surface area contributed by atoms with Gasteiger partial charge in [0.05, 0.1) is 0 Å². The average molecular weight is 351 g/mol. The molecule has 6 nitrogen and oxygen atoms in total. The summed E-state index contributed by atoms with van der Waals surface area (Å²) in [4.78, 5) is 24.8. The summed E-state index contributed by atoms with van der Waals surface area (Å²) in [7, 11) is 2.11. The van der Waals surface area contributed by atoms with E-state index in [0.29, 0.717) is 0 Å². The van der Waals surface area contributed by atoms with Gasteiger partial charge in [0, 0.05) is 36.4 Å². The molecule has 0 aliphatic carbocycles. The summed E-state index contributed by atoms with van der Waals surface area (Å²) in [5.74, 6) is -3.65. The molecule has 2 N–H and O–H groups in total. The van der Waals surface area contributed by atoms with Crippen LogP contribution in [0, 0.1) is 0 Å². The summed E-state index contributed by atoms with van der Waals surface area (Å²) in [5.41, 5.74) is 2.38. The summed E-state index contributed by atoms with van der Waals surface area (Å²) in [6, 6.07) is 14.0. The second kappa shape index (κ2) is 10.4. The van der Waals surface area contributed by atoms with Crippen LogP contribution in [0.3, 0.4) is 0 Å². The molecule has 1 heterocycles. The van der Waals surface area contributed by atoms with Gasteiger partial charge in [0.25, 0.3) is 0 Å². The standard InChI is InChI=1S/C15H17ClN2.C2H2O4/c1-18(10-8-15-7-2-3-9-17-15)12-13-5-4-6-14(16)11-13;3-1(4)2(5)6/h2-7,9,11H,8,10,12H2,1H3;(H,3,4)(H,5,6). The Morgan fingerprint density at radius 3 is 2.38 bits per heavy atom. The van der Waals surface area contributed by atoms with E-state index in [0.717, 1.165) is 30.2 Å². The molecule has 0 saturated heterocycles. The highest BCUT2D eigenvalue weighted by Crippen LogP contribution is 2.12. The van der Waals surface area contributed by atoms with E-state index in [1.807, 2.05) is 36.5 Å². The van der Waals surface area contributed by atoms with Crippen LogP contribution in [0.4, 0.5) is 0 Å². The normalized spacial score (nSPS) is 9.96. The van der Waals surface area contributed by atoms with E-state index in [1.165, 1.54) is 5.56 Å². The van der Waals surface area contributed by atoms with Crippen LogP contribution in [0.1, 0.15) is 11.3 Å². The van der Waals surface area contributed by atoms with Crippen molar-refractivity contribution in [2.75, 3.05) is 13.6 Å². The average Bonchev–Trinajstić information content (AvgIpc) is 2.54. The van der Waals surface area contributed by atoms with Gasteiger partial charge in [0.15, 0.2) is 0 Å². The van der Waals surface area contributed by atoms with Crippen molar-refractivity contribution in [2.24, 2.45) is 0 Å². The number of benzene rings is 1. The van der Waals surface area contributed by atoms with Crippen LogP contribution in [0.2, 0.25) is 5.02 Å². The third kappa shape index (κ3) is 8.26. The van der Waals surface area contributed by atoms with Gasteiger partial charge in [-0.05, 0) is 36.9 Å². The van der Waals surface area contributed by atoms with Gasteiger partial charge in [0.1, 0.15) is 0 Å². The van der Waals surface area contributed by atoms with Gasteiger partial charge in [-0.15, -0.1) is 0 Å². The predicted molar refractivity (Wildman–Crippen MR) is 91.0 cm³/mol. The minimum Gasteiger partial charge on any atom is -0.473 e. The molecule has 1 aromatic carbocycles. The van der Waals surface area contributed by atoms with Gasteiger partial charge in [-0.3, -0.25) is 4.98 Å². The molecule has 0 unspecified atom stereocenters. The second-order valence-electron chi connectivity index (χ2n) is 5.05. The number of rotatable bonds is 5. The van der Waals surface area contributed by atoms with Gasteiger partial charge in [0.2, 0.25) is 0 Å². The maximum Gasteiger partial charge on any atom is 0.414 e. The first kappa shape index (κ1) is 19.6. The fourth-order valence-corrected chi connectivity index (χ4v) is 2.09. The number of carbonyl (C=O) groups is 2. The molecule has 0 bridgehead atoms. The smallest absolute Gasteiger partial charge is 0.414 e. The molecule has 0 radical (unpaired) electrons. The molecule has 0 amide bonds. The molecule has 0 spiro atoms. The van der Waals surface area contributed by atoms with Crippen LogP contribution < -0.4 is 0 Å². The molecule has 24 heavy (non-hydrogen) atoms. The zero-order valence-electron chi connectivity index (χ0n) is 13.2. The highest BCUT2D eigenvalue weighted by atomic mass is 35.5. The Hall–Kier alpha value is -2.44. The lowest BCUT2D eigenvalue weighted by Gasteiger charge is -2.16. The summed E-state index contributed by atoms with van der Waals surface area (Å²) in [5, 5.41) is 15.6. The Kier molecular flexibility index (Phi) is 8.46. The quantitative estimate of drug-likeness (QED) is 0.805. The first-order chi connectivity index (χ1) is 11.4. The van der Waals surface area contributed by atoms with Crippen molar-refractivity contribution < 1.29 is 19.8 Å². The third-order valence-electron chi connectivity index (χ3n) is 3.00. The van der Waals surface area contributed by atoms with Crippen molar-refractivity contribution in [3.8, 4) is 0 Å². The van der Waals surface area contributed by atoms with Crippen molar-refractivity contribution in [1.82, 2.24) is 9.88 Å². The van der Waals surface area contributed by atoms with E-state index in [9.17, 15) is 0 Å². The number of carboxylic acid groups (broad SMARTS) is 2. The number of nitrogens with zero attached hydrogens (tertiary/aromatic N) is 2. The molecule has 0 atom stereocenters. The van der Waals surface area contributed by atoms with Crippen molar-refractivity contribution in [3.05, 3.63) is 64.9 Å². The molecule has 1 aromatic heterocycles. The summed E-state index contributed by atoms with van der Waals surface area (Å²) in [6.07, 6.45) is 2.81. The maximum absolute atomic E-state index is 9.10. The Balaban J connectivity index is 0.000000413. The van der Waals surface area contributed by atoms with Crippen LogP contribution >= 0.6 is 11.6 Å². The summed E-state index contributed by atoms with van der Waals surface area (Å²) >= 11 is 5.97. The van der Waals surface area contributed by atoms with Crippen LogP contribution in [-0.2, 0) is 22.6 Å². The number of halogens is 1. The van der Waals surface area contributed by atoms with E-state index in [2.05, 4.69) is 29.1 Å². The molecular weight excluding hydrogens is 332 g/mol. The number of hydrogen-bond acceptors (Lipinski definition) is 4. The summed E-state index contributed by atoms with van der Waals surface area (Å²) < 4.78 is 0. The molecule has 7 heteroatoms. The fourth-order valence-electron chi connectivity index (χ4n) is 1.88. The third-order valence-corrected chi connectivity index (χ3v) is 3.24. The highest BCUT2D eigenvalue weighted by Gasteiger charge is 2.04. The lowest BCUT2D eigenvalue weighted by atomic mass is 10.2. The van der Waals surface area contributed by atoms with Crippen LogP contribution in [0.25, 0.3) is 0 Å². The Morgan fingerprint density at radius 2 is 1.83 bits per heavy atom. The van der Waals surface area contributed by atoms with E-state index < -0.39 is 11.9 Å². The number of aliphatic carboxylic acids is 2. The van der Waals surface area contributed by atoms with Crippen LogP contribution in [0.5, 0.6) is 0 Å². The Labute approximate surface area is 145 Å². The van der Waals surface area contributed by atoms with Gasteiger partial charge in [-0.25, -0.2) is 9.59 Å². The minimum absolute atomic E-state index is 0.797. The van der Waals surface area contributed by atoms with Crippen molar-refractivity contribution in [2.45, 2.75) is 13.0 Å². The Bertz CT molecular complexity index is 653. The second-order valence-corrected chi connectivity index (χ2v) is 5.49. The first-order valence-corrected chi connectivity index (χ1v) is 7.55. The largest absolute Gasteiger partial charge is 0.473 e. The fraction of sp³-hybridized carbons (Fsp3) is 0.235. The first-order valence-electron chi connectivity index (χ1n) is 7.17. The maximum atomic E-state index is 9.10. The monoisotopic (exact) mass is 350 g/mol. The molecule has 128 valence electrons. The molecule has 2 aromatic rings. The highest BCUT2D eigenvalue weighted by molar-refractivity contribution is 6.30. The number of aromatic nitrogens is 1. The number of pyridine rings is 1. The predicted octanol–water partition coefficient (Wildman–Crippen LogP) is 2.57. The van der Waals surface area contributed by atoms with Crippen LogP contribution in [0.15, 0.2) is 48.7 Å². The molecule has 0 saturated carbocycles. The Morgan fingerprint density at radius 1 is 1.12 bits per heavy atom. The SMILES string of the molecule is CN(CCc1ccccn1)Cc1cccc(Cl)c1.O=C(O)C(=O)O. The number of carboxylic acids is 2.